The minimum atomic E-state index is -0.531. The van der Waals surface area contributed by atoms with Gasteiger partial charge in [-0.25, -0.2) is 4.68 Å². The number of thiocarbonyl (C=S) groups is 1. The van der Waals surface area contributed by atoms with Crippen LogP contribution >= 0.6 is 12.2 Å². The van der Waals surface area contributed by atoms with Crippen molar-refractivity contribution in [1.29, 1.82) is 5.26 Å². The summed E-state index contributed by atoms with van der Waals surface area (Å²) in [7, 11) is 0. The van der Waals surface area contributed by atoms with Gasteiger partial charge in [-0.15, -0.1) is 0 Å². The minimum absolute atomic E-state index is 0.0129. The van der Waals surface area contributed by atoms with Crippen molar-refractivity contribution in [2.45, 2.75) is 20.8 Å². The van der Waals surface area contributed by atoms with E-state index in [-0.39, 0.29) is 10.7 Å². The smallest absolute Gasteiger partial charge is 0.287 e. The summed E-state index contributed by atoms with van der Waals surface area (Å²) >= 11 is 5.13. The molecule has 0 atom stereocenters. The molecule has 7 nitrogen and oxygen atoms in total. The summed E-state index contributed by atoms with van der Waals surface area (Å²) in [5, 5.41) is 11.6. The van der Waals surface area contributed by atoms with Crippen LogP contribution in [0.5, 0.6) is 5.75 Å². The van der Waals surface area contributed by atoms with Gasteiger partial charge in [0.25, 0.3) is 11.5 Å². The second kappa shape index (κ2) is 8.27. The van der Waals surface area contributed by atoms with E-state index in [4.69, 9.17) is 22.2 Å². The first-order valence-corrected chi connectivity index (χ1v) is 8.27. The van der Waals surface area contributed by atoms with Crippen LogP contribution in [-0.2, 0) is 0 Å². The van der Waals surface area contributed by atoms with Gasteiger partial charge in [0, 0.05) is 5.69 Å². The molecule has 0 bridgehead atoms. The number of aryl methyl sites for hydroxylation is 2. The molecule has 0 aliphatic carbocycles. The summed E-state index contributed by atoms with van der Waals surface area (Å²) in [4.78, 5) is 24.8. The SMILES string of the molecule is CCOc1ccccc1C(=O)NC(=S)Nn1c(C)cc(C)c(C#N)c1=O. The van der Waals surface area contributed by atoms with Gasteiger partial charge in [-0.05, 0) is 56.8 Å². The molecule has 1 aromatic heterocycles. The lowest BCUT2D eigenvalue weighted by Crippen LogP contribution is -2.43. The number of amides is 1. The molecular weight excluding hydrogens is 352 g/mol. The van der Waals surface area contributed by atoms with E-state index in [0.717, 1.165) is 4.68 Å². The van der Waals surface area contributed by atoms with Crippen molar-refractivity contribution in [1.82, 2.24) is 9.99 Å². The van der Waals surface area contributed by atoms with E-state index in [1.807, 2.05) is 13.0 Å². The molecule has 26 heavy (non-hydrogen) atoms. The van der Waals surface area contributed by atoms with Crippen LogP contribution in [0, 0.1) is 25.2 Å². The molecule has 0 unspecified atom stereocenters. The molecule has 2 aromatic rings. The van der Waals surface area contributed by atoms with Gasteiger partial charge in [-0.2, -0.15) is 5.26 Å². The lowest BCUT2D eigenvalue weighted by Gasteiger charge is -2.16. The molecule has 0 saturated heterocycles. The quantitative estimate of drug-likeness (QED) is 0.799. The van der Waals surface area contributed by atoms with Gasteiger partial charge in [-0.3, -0.25) is 20.3 Å². The van der Waals surface area contributed by atoms with E-state index in [1.54, 1.807) is 44.2 Å². The number of ether oxygens (including phenoxy) is 1. The Morgan fingerprint density at radius 3 is 2.69 bits per heavy atom. The van der Waals surface area contributed by atoms with E-state index in [2.05, 4.69) is 10.7 Å². The van der Waals surface area contributed by atoms with Gasteiger partial charge in [0.15, 0.2) is 5.11 Å². The number of carbonyl (C=O) groups excluding carboxylic acids is 1. The van der Waals surface area contributed by atoms with Crippen molar-refractivity contribution >= 4 is 23.2 Å². The molecule has 1 aromatic carbocycles. The summed E-state index contributed by atoms with van der Waals surface area (Å²) in [5.41, 5.74) is 3.58. The maximum Gasteiger partial charge on any atom is 0.287 e. The van der Waals surface area contributed by atoms with Crippen molar-refractivity contribution in [3.8, 4) is 11.8 Å². The second-order valence-electron chi connectivity index (χ2n) is 5.42. The summed E-state index contributed by atoms with van der Waals surface area (Å²) in [6.45, 7) is 5.61. The van der Waals surface area contributed by atoms with Crippen molar-refractivity contribution in [3.63, 3.8) is 0 Å². The molecule has 134 valence electrons. The Morgan fingerprint density at radius 2 is 2.04 bits per heavy atom. The highest BCUT2D eigenvalue weighted by atomic mass is 32.1. The average molecular weight is 370 g/mol. The summed E-state index contributed by atoms with van der Waals surface area (Å²) < 4.78 is 6.55. The van der Waals surface area contributed by atoms with Gasteiger partial charge >= 0.3 is 0 Å². The molecule has 2 rings (SSSR count). The molecule has 0 fully saturated rings. The number of nitriles is 1. The predicted molar refractivity (Wildman–Crippen MR) is 102 cm³/mol. The van der Waals surface area contributed by atoms with Crippen LogP contribution in [-0.4, -0.2) is 22.3 Å². The van der Waals surface area contributed by atoms with Crippen LogP contribution in [0.4, 0.5) is 0 Å². The Hall–Kier alpha value is -3.18. The minimum Gasteiger partial charge on any atom is -0.493 e. The van der Waals surface area contributed by atoms with Crippen LogP contribution in [0.3, 0.4) is 0 Å². The summed E-state index contributed by atoms with van der Waals surface area (Å²) in [6, 6.07) is 10.3. The average Bonchev–Trinajstić information content (AvgIpc) is 2.59. The van der Waals surface area contributed by atoms with E-state index >= 15 is 0 Å². The van der Waals surface area contributed by atoms with Crippen LogP contribution in [0.1, 0.15) is 34.1 Å². The van der Waals surface area contributed by atoms with Gasteiger partial charge in [0.05, 0.1) is 12.2 Å². The number of hydrogen-bond acceptors (Lipinski definition) is 5. The monoisotopic (exact) mass is 370 g/mol. The summed E-state index contributed by atoms with van der Waals surface area (Å²) in [5.74, 6) is -0.0318. The Balaban J connectivity index is 2.22. The zero-order valence-corrected chi connectivity index (χ0v) is 15.4. The maximum absolute atomic E-state index is 12.4. The first-order valence-electron chi connectivity index (χ1n) is 7.86. The number of nitrogens with one attached hydrogen (secondary N) is 2. The molecule has 2 N–H and O–H groups in total. The fourth-order valence-corrected chi connectivity index (χ4v) is 2.59. The first-order chi connectivity index (χ1) is 12.4. The Labute approximate surface area is 156 Å². The molecule has 1 amide bonds. The van der Waals surface area contributed by atoms with Crippen molar-refractivity contribution in [2.75, 3.05) is 12.0 Å². The fourth-order valence-electron chi connectivity index (χ4n) is 2.40. The molecule has 0 saturated carbocycles. The Kier molecular flexibility index (Phi) is 6.09. The third-order valence-corrected chi connectivity index (χ3v) is 3.77. The maximum atomic E-state index is 12.4. The normalized spacial score (nSPS) is 9.92. The van der Waals surface area contributed by atoms with Gasteiger partial charge in [-0.1, -0.05) is 12.1 Å². The second-order valence-corrected chi connectivity index (χ2v) is 5.83. The zero-order chi connectivity index (χ0) is 19.3. The number of carbonyl (C=O) groups is 1. The predicted octanol–water partition coefficient (Wildman–Crippen LogP) is 1.99. The van der Waals surface area contributed by atoms with Crippen molar-refractivity contribution < 1.29 is 9.53 Å². The van der Waals surface area contributed by atoms with Crippen LogP contribution in [0.25, 0.3) is 0 Å². The molecule has 0 radical (unpaired) electrons. The number of benzene rings is 1. The molecule has 1 heterocycles. The number of para-hydroxylation sites is 1. The molecule has 8 heteroatoms. The molecule has 0 spiro atoms. The highest BCUT2D eigenvalue weighted by Gasteiger charge is 2.15. The van der Waals surface area contributed by atoms with E-state index in [0.29, 0.717) is 29.2 Å². The van der Waals surface area contributed by atoms with Gasteiger partial charge in [0.1, 0.15) is 17.4 Å². The number of aromatic nitrogens is 1. The lowest BCUT2D eigenvalue weighted by molar-refractivity contribution is 0.0973. The number of rotatable bonds is 4. The van der Waals surface area contributed by atoms with Crippen molar-refractivity contribution in [2.24, 2.45) is 0 Å². The van der Waals surface area contributed by atoms with Gasteiger partial charge in [0.2, 0.25) is 0 Å². The van der Waals surface area contributed by atoms with E-state index < -0.39 is 11.5 Å². The van der Waals surface area contributed by atoms with E-state index in [9.17, 15) is 9.59 Å². The Bertz CT molecular complexity index is 960. The van der Waals surface area contributed by atoms with Crippen LogP contribution in [0.2, 0.25) is 0 Å². The molecular formula is C18H18N4O3S. The third-order valence-electron chi connectivity index (χ3n) is 3.57. The van der Waals surface area contributed by atoms with Crippen molar-refractivity contribution in [3.05, 3.63) is 63.1 Å². The van der Waals surface area contributed by atoms with E-state index in [1.165, 1.54) is 0 Å². The number of hydrogen-bond donors (Lipinski definition) is 2. The lowest BCUT2D eigenvalue weighted by atomic mass is 10.1. The van der Waals surface area contributed by atoms with Gasteiger partial charge < -0.3 is 4.74 Å². The number of pyridine rings is 1. The zero-order valence-electron chi connectivity index (χ0n) is 14.6. The number of nitrogens with zero attached hydrogens (tertiary/aromatic N) is 2. The Morgan fingerprint density at radius 1 is 1.35 bits per heavy atom. The van der Waals surface area contributed by atoms with Crippen LogP contribution < -0.4 is 21.0 Å². The highest BCUT2D eigenvalue weighted by Crippen LogP contribution is 2.17. The molecule has 0 aliphatic rings. The topological polar surface area (TPSA) is 96.2 Å². The molecule has 0 aliphatic heterocycles. The third kappa shape index (κ3) is 4.07. The highest BCUT2D eigenvalue weighted by molar-refractivity contribution is 7.80. The van der Waals surface area contributed by atoms with Crippen LogP contribution in [0.15, 0.2) is 35.1 Å². The standard InChI is InChI=1S/C18H18N4O3S/c1-4-25-15-8-6-5-7-13(15)16(23)20-18(26)21-22-12(3)9-11(2)14(10-19)17(22)24/h5-9H,4H2,1-3H3,(H2,20,21,23,26). The fraction of sp³-hybridized carbons (Fsp3) is 0.222. The first kappa shape index (κ1) is 19.1. The largest absolute Gasteiger partial charge is 0.493 e. The summed E-state index contributed by atoms with van der Waals surface area (Å²) in [6.07, 6.45) is 0.